The van der Waals surface area contributed by atoms with E-state index in [-0.39, 0.29) is 5.78 Å². The molecule has 0 fully saturated rings. The van der Waals surface area contributed by atoms with E-state index in [1.165, 1.54) is 0 Å². The SMILES string of the molecule is NCCCC(=O)c1c[nH]c2cccnc12. The van der Waals surface area contributed by atoms with Gasteiger partial charge in [0.25, 0.3) is 0 Å². The van der Waals surface area contributed by atoms with Crippen LogP contribution in [0, 0.1) is 0 Å². The number of hydrogen-bond acceptors (Lipinski definition) is 3. The summed E-state index contributed by atoms with van der Waals surface area (Å²) in [4.78, 5) is 19.0. The molecule has 0 aliphatic carbocycles. The van der Waals surface area contributed by atoms with Crippen molar-refractivity contribution in [2.24, 2.45) is 5.73 Å². The largest absolute Gasteiger partial charge is 0.359 e. The zero-order valence-electron chi connectivity index (χ0n) is 8.36. The summed E-state index contributed by atoms with van der Waals surface area (Å²) in [5, 5.41) is 0. The highest BCUT2D eigenvalue weighted by atomic mass is 16.1. The van der Waals surface area contributed by atoms with Gasteiger partial charge in [0.05, 0.1) is 16.6 Å². The van der Waals surface area contributed by atoms with Gasteiger partial charge >= 0.3 is 0 Å². The number of hydrogen-bond donors (Lipinski definition) is 2. The minimum absolute atomic E-state index is 0.102. The van der Waals surface area contributed by atoms with Crippen LogP contribution in [0.2, 0.25) is 0 Å². The Morgan fingerprint density at radius 2 is 2.40 bits per heavy atom. The van der Waals surface area contributed by atoms with Crippen LogP contribution in [0.25, 0.3) is 11.0 Å². The van der Waals surface area contributed by atoms with Crippen molar-refractivity contribution in [2.45, 2.75) is 12.8 Å². The molecule has 0 aromatic carbocycles. The average Bonchev–Trinajstić information content (AvgIpc) is 2.69. The second-order valence-electron chi connectivity index (χ2n) is 3.42. The van der Waals surface area contributed by atoms with Crippen LogP contribution in [0.1, 0.15) is 23.2 Å². The van der Waals surface area contributed by atoms with Crippen molar-refractivity contribution in [1.29, 1.82) is 0 Å². The van der Waals surface area contributed by atoms with Crippen molar-refractivity contribution in [1.82, 2.24) is 9.97 Å². The third kappa shape index (κ3) is 1.89. The topological polar surface area (TPSA) is 71.8 Å². The van der Waals surface area contributed by atoms with Crippen LogP contribution >= 0.6 is 0 Å². The minimum Gasteiger partial charge on any atom is -0.359 e. The normalized spacial score (nSPS) is 10.7. The first-order valence-electron chi connectivity index (χ1n) is 4.98. The fourth-order valence-corrected chi connectivity index (χ4v) is 1.56. The molecule has 0 aliphatic rings. The second kappa shape index (κ2) is 4.23. The Bertz CT molecular complexity index is 475. The number of carbonyl (C=O) groups is 1. The number of nitrogens with zero attached hydrogens (tertiary/aromatic N) is 1. The van der Waals surface area contributed by atoms with Gasteiger partial charge in [-0.05, 0) is 25.1 Å². The van der Waals surface area contributed by atoms with Gasteiger partial charge in [0.2, 0.25) is 0 Å². The maximum absolute atomic E-state index is 11.8. The molecule has 0 saturated carbocycles. The number of H-pyrrole nitrogens is 1. The quantitative estimate of drug-likeness (QED) is 0.739. The standard InChI is InChI=1S/C11H13N3O/c12-5-1-4-10(15)8-7-14-9-3-2-6-13-11(8)9/h2-3,6-7,14H,1,4-5,12H2. The molecule has 2 aromatic heterocycles. The smallest absolute Gasteiger partial charge is 0.166 e. The van der Waals surface area contributed by atoms with E-state index in [0.717, 1.165) is 17.5 Å². The highest BCUT2D eigenvalue weighted by Crippen LogP contribution is 2.16. The van der Waals surface area contributed by atoms with Gasteiger partial charge in [0, 0.05) is 18.8 Å². The van der Waals surface area contributed by atoms with Gasteiger partial charge in [-0.1, -0.05) is 0 Å². The first-order chi connectivity index (χ1) is 7.33. The third-order valence-electron chi connectivity index (χ3n) is 2.34. The molecule has 4 nitrogen and oxygen atoms in total. The summed E-state index contributed by atoms with van der Waals surface area (Å²) < 4.78 is 0. The van der Waals surface area contributed by atoms with Crippen molar-refractivity contribution in [2.75, 3.05) is 6.54 Å². The van der Waals surface area contributed by atoms with Crippen LogP contribution in [-0.2, 0) is 0 Å². The Morgan fingerprint density at radius 1 is 1.53 bits per heavy atom. The van der Waals surface area contributed by atoms with Crippen molar-refractivity contribution >= 4 is 16.8 Å². The minimum atomic E-state index is 0.102. The summed E-state index contributed by atoms with van der Waals surface area (Å²) >= 11 is 0. The predicted octanol–water partition coefficient (Wildman–Crippen LogP) is 1.48. The lowest BCUT2D eigenvalue weighted by atomic mass is 10.1. The van der Waals surface area contributed by atoms with Crippen molar-refractivity contribution in [3.05, 3.63) is 30.1 Å². The Morgan fingerprint density at radius 3 is 3.20 bits per heavy atom. The molecule has 0 amide bonds. The summed E-state index contributed by atoms with van der Waals surface area (Å²) in [6, 6.07) is 3.75. The van der Waals surface area contributed by atoms with E-state index < -0.39 is 0 Å². The van der Waals surface area contributed by atoms with Crippen LogP contribution in [0.15, 0.2) is 24.5 Å². The van der Waals surface area contributed by atoms with E-state index in [1.807, 2.05) is 12.1 Å². The number of rotatable bonds is 4. The van der Waals surface area contributed by atoms with Gasteiger partial charge in [0.15, 0.2) is 5.78 Å². The van der Waals surface area contributed by atoms with Crippen LogP contribution in [0.5, 0.6) is 0 Å². The summed E-state index contributed by atoms with van der Waals surface area (Å²) in [6.07, 6.45) is 4.62. The van der Waals surface area contributed by atoms with Crippen molar-refractivity contribution < 1.29 is 4.79 Å². The zero-order valence-corrected chi connectivity index (χ0v) is 8.36. The van der Waals surface area contributed by atoms with E-state index in [4.69, 9.17) is 5.73 Å². The highest BCUT2D eigenvalue weighted by Gasteiger charge is 2.11. The van der Waals surface area contributed by atoms with Gasteiger partial charge in [0.1, 0.15) is 0 Å². The van der Waals surface area contributed by atoms with Gasteiger partial charge in [-0.15, -0.1) is 0 Å². The number of Topliss-reactive ketones (excluding diaryl/α,β-unsaturated/α-hetero) is 1. The van der Waals surface area contributed by atoms with Gasteiger partial charge in [-0.2, -0.15) is 0 Å². The van der Waals surface area contributed by atoms with E-state index in [2.05, 4.69) is 9.97 Å². The Balaban J connectivity index is 2.31. The molecule has 2 rings (SSSR count). The van der Waals surface area contributed by atoms with Crippen LogP contribution in [0.3, 0.4) is 0 Å². The molecule has 2 aromatic rings. The fourth-order valence-electron chi connectivity index (χ4n) is 1.56. The molecule has 0 bridgehead atoms. The number of ketones is 1. The van der Waals surface area contributed by atoms with Crippen molar-refractivity contribution in [3.8, 4) is 0 Å². The Labute approximate surface area is 87.5 Å². The molecule has 0 spiro atoms. The molecule has 0 aliphatic heterocycles. The number of aromatic nitrogens is 2. The molecule has 4 heteroatoms. The average molecular weight is 203 g/mol. The van der Waals surface area contributed by atoms with Gasteiger partial charge in [-0.25, -0.2) is 0 Å². The maximum Gasteiger partial charge on any atom is 0.166 e. The lowest BCUT2D eigenvalue weighted by Gasteiger charge is -1.96. The van der Waals surface area contributed by atoms with Gasteiger partial charge in [-0.3, -0.25) is 9.78 Å². The summed E-state index contributed by atoms with van der Waals surface area (Å²) in [5.41, 5.74) is 7.68. The number of fused-ring (bicyclic) bond motifs is 1. The molecular weight excluding hydrogens is 190 g/mol. The summed E-state index contributed by atoms with van der Waals surface area (Å²) in [6.45, 7) is 0.543. The molecule has 2 heterocycles. The molecule has 0 radical (unpaired) electrons. The summed E-state index contributed by atoms with van der Waals surface area (Å²) in [5.74, 6) is 0.102. The molecule has 78 valence electrons. The van der Waals surface area contributed by atoms with Crippen LogP contribution in [-0.4, -0.2) is 22.3 Å². The third-order valence-corrected chi connectivity index (χ3v) is 2.34. The fraction of sp³-hybridized carbons (Fsp3) is 0.273. The van der Waals surface area contributed by atoms with Crippen LogP contribution < -0.4 is 5.73 Å². The number of carbonyl (C=O) groups excluding carboxylic acids is 1. The number of aromatic amines is 1. The first kappa shape index (κ1) is 9.86. The highest BCUT2D eigenvalue weighted by molar-refractivity contribution is 6.06. The van der Waals surface area contributed by atoms with Crippen LogP contribution in [0.4, 0.5) is 0 Å². The van der Waals surface area contributed by atoms with Crippen molar-refractivity contribution in [3.63, 3.8) is 0 Å². The van der Waals surface area contributed by atoms with Gasteiger partial charge < -0.3 is 10.7 Å². The summed E-state index contributed by atoms with van der Waals surface area (Å²) in [7, 11) is 0. The number of nitrogens with one attached hydrogen (secondary N) is 1. The molecule has 0 atom stereocenters. The first-order valence-corrected chi connectivity index (χ1v) is 4.98. The zero-order chi connectivity index (χ0) is 10.7. The maximum atomic E-state index is 11.8. The number of nitrogens with two attached hydrogens (primary N) is 1. The van der Waals surface area contributed by atoms with E-state index in [1.54, 1.807) is 12.4 Å². The molecule has 15 heavy (non-hydrogen) atoms. The molecule has 3 N–H and O–H groups in total. The molecular formula is C11H13N3O. The lowest BCUT2D eigenvalue weighted by Crippen LogP contribution is -2.04. The monoisotopic (exact) mass is 203 g/mol. The van der Waals surface area contributed by atoms with E-state index in [9.17, 15) is 4.79 Å². The van der Waals surface area contributed by atoms with E-state index >= 15 is 0 Å². The molecule has 0 unspecified atom stereocenters. The second-order valence-corrected chi connectivity index (χ2v) is 3.42. The molecule has 0 saturated heterocycles. The number of pyridine rings is 1. The predicted molar refractivity (Wildman–Crippen MR) is 58.7 cm³/mol. The Hall–Kier alpha value is -1.68. The Kier molecular flexibility index (Phi) is 2.78. The lowest BCUT2D eigenvalue weighted by molar-refractivity contribution is 0.0982. The van der Waals surface area contributed by atoms with E-state index in [0.29, 0.717) is 18.5 Å².